The number of ether oxygens (including phenoxy) is 1. The average molecular weight is 381 g/mol. The van der Waals surface area contributed by atoms with E-state index in [0.29, 0.717) is 50.2 Å². The fourth-order valence-electron chi connectivity index (χ4n) is 3.67. The van der Waals surface area contributed by atoms with Crippen LogP contribution in [0.4, 0.5) is 8.78 Å². The summed E-state index contributed by atoms with van der Waals surface area (Å²) in [7, 11) is 0. The van der Waals surface area contributed by atoms with Crippen LogP contribution in [0.1, 0.15) is 36.3 Å². The summed E-state index contributed by atoms with van der Waals surface area (Å²) < 4.78 is 31.3. The van der Waals surface area contributed by atoms with Crippen molar-refractivity contribution in [2.24, 2.45) is 11.1 Å². The van der Waals surface area contributed by atoms with Gasteiger partial charge in [-0.25, -0.2) is 4.68 Å². The number of nitrogens with two attached hydrogens (primary N) is 1. The Balaban J connectivity index is 0.00000225. The summed E-state index contributed by atoms with van der Waals surface area (Å²) in [6.07, 6.45) is 2.44. The number of aromatic nitrogens is 2. The van der Waals surface area contributed by atoms with Gasteiger partial charge in [-0.15, -0.1) is 12.4 Å². The van der Waals surface area contributed by atoms with Crippen molar-refractivity contribution < 1.29 is 23.4 Å². The first-order chi connectivity index (χ1) is 11.5. The quantitative estimate of drug-likeness (QED) is 0.795. The Labute approximate surface area is 150 Å². The van der Waals surface area contributed by atoms with Gasteiger partial charge in [0.25, 0.3) is 5.91 Å². The third kappa shape index (κ3) is 3.64. The van der Waals surface area contributed by atoms with Crippen LogP contribution >= 0.6 is 12.4 Å². The van der Waals surface area contributed by atoms with E-state index in [0.717, 1.165) is 6.20 Å². The second kappa shape index (κ2) is 7.94. The van der Waals surface area contributed by atoms with Gasteiger partial charge in [0.1, 0.15) is 0 Å². The summed E-state index contributed by atoms with van der Waals surface area (Å²) >= 11 is 0. The average Bonchev–Trinajstić information content (AvgIpc) is 3.08. The fraction of sp³-hybridized carbons (Fsp3) is 0.733. The summed E-state index contributed by atoms with van der Waals surface area (Å²) in [4.78, 5) is 14.0. The minimum absolute atomic E-state index is 0. The van der Waals surface area contributed by atoms with E-state index in [2.05, 4.69) is 5.10 Å². The zero-order valence-corrected chi connectivity index (χ0v) is 14.5. The molecule has 1 aromatic rings. The molecular formula is C15H23ClF2N4O3. The summed E-state index contributed by atoms with van der Waals surface area (Å²) in [5, 5.41) is 13.8. The molecule has 0 radical (unpaired) electrons. The predicted molar refractivity (Wildman–Crippen MR) is 87.7 cm³/mol. The molecule has 1 aromatic heterocycles. The molecule has 7 nitrogen and oxygen atoms in total. The Hall–Kier alpha value is -1.29. The van der Waals surface area contributed by atoms with Crippen molar-refractivity contribution in [3.05, 3.63) is 18.0 Å². The van der Waals surface area contributed by atoms with E-state index in [-0.39, 0.29) is 35.5 Å². The van der Waals surface area contributed by atoms with Gasteiger partial charge in [-0.1, -0.05) is 0 Å². The van der Waals surface area contributed by atoms with E-state index in [1.54, 1.807) is 4.90 Å². The van der Waals surface area contributed by atoms with Gasteiger partial charge in [0.05, 0.1) is 18.8 Å². The van der Waals surface area contributed by atoms with E-state index in [4.69, 9.17) is 10.5 Å². The molecule has 142 valence electrons. The second-order valence-corrected chi connectivity index (χ2v) is 6.38. The van der Waals surface area contributed by atoms with Crippen molar-refractivity contribution in [1.82, 2.24) is 14.7 Å². The molecule has 1 saturated carbocycles. The topological polar surface area (TPSA) is 93.6 Å². The van der Waals surface area contributed by atoms with Crippen molar-refractivity contribution in [2.75, 3.05) is 26.2 Å². The van der Waals surface area contributed by atoms with Crippen molar-refractivity contribution in [3.63, 3.8) is 0 Å². The number of halogens is 3. The van der Waals surface area contributed by atoms with Gasteiger partial charge in [0.15, 0.2) is 5.69 Å². The number of nitrogens with zero attached hydrogens (tertiary/aromatic N) is 3. The second-order valence-electron chi connectivity index (χ2n) is 6.38. The number of hydrogen-bond acceptors (Lipinski definition) is 5. The highest BCUT2D eigenvalue weighted by Gasteiger charge is 2.56. The van der Waals surface area contributed by atoms with Gasteiger partial charge in [-0.2, -0.15) is 13.9 Å². The van der Waals surface area contributed by atoms with Gasteiger partial charge in [-0.3, -0.25) is 4.79 Å². The van der Waals surface area contributed by atoms with Crippen LogP contribution in [0.5, 0.6) is 0 Å². The number of amides is 1. The molecule has 0 unspecified atom stereocenters. The van der Waals surface area contributed by atoms with Gasteiger partial charge in [0, 0.05) is 37.7 Å². The number of hydrogen-bond donors (Lipinski definition) is 2. The SMILES string of the molecule is Cl.NCCO[C@H]1C[C@@H](O)C12CCN(C(=O)c1ccn(C(F)F)n1)CC2. The van der Waals surface area contributed by atoms with E-state index in [9.17, 15) is 18.7 Å². The summed E-state index contributed by atoms with van der Waals surface area (Å²) in [6, 6.07) is 1.30. The lowest BCUT2D eigenvalue weighted by Crippen LogP contribution is -2.63. The monoisotopic (exact) mass is 380 g/mol. The molecule has 1 saturated heterocycles. The molecule has 0 aromatic carbocycles. The third-order valence-electron chi connectivity index (χ3n) is 5.19. The van der Waals surface area contributed by atoms with E-state index < -0.39 is 12.7 Å². The summed E-state index contributed by atoms with van der Waals surface area (Å²) in [5.41, 5.74) is 5.14. The fourth-order valence-corrected chi connectivity index (χ4v) is 3.67. The zero-order chi connectivity index (χ0) is 17.3. The molecule has 2 aliphatic rings. The van der Waals surface area contributed by atoms with E-state index in [1.165, 1.54) is 6.07 Å². The molecule has 1 spiro atoms. The molecule has 1 amide bonds. The van der Waals surface area contributed by atoms with Crippen LogP contribution in [0.15, 0.2) is 12.3 Å². The van der Waals surface area contributed by atoms with E-state index >= 15 is 0 Å². The molecule has 25 heavy (non-hydrogen) atoms. The first kappa shape index (κ1) is 20.0. The minimum atomic E-state index is -2.76. The highest BCUT2D eigenvalue weighted by atomic mass is 35.5. The maximum absolute atomic E-state index is 12.6. The highest BCUT2D eigenvalue weighted by Crippen LogP contribution is 2.51. The van der Waals surface area contributed by atoms with Crippen LogP contribution in [0, 0.1) is 5.41 Å². The Morgan fingerprint density at radius 2 is 2.16 bits per heavy atom. The van der Waals surface area contributed by atoms with Gasteiger partial charge < -0.3 is 20.5 Å². The largest absolute Gasteiger partial charge is 0.392 e. The standard InChI is InChI=1S/C15H22F2N4O3.ClH/c16-14(17)21-5-1-10(19-21)13(23)20-6-2-15(3-7-20)11(22)9-12(15)24-8-4-18;/h1,5,11-12,14,22H,2-4,6-9,18H2;1H/t11-,12+;/m1./s1. The lowest BCUT2D eigenvalue weighted by Gasteiger charge is -2.56. The Morgan fingerprint density at radius 3 is 2.68 bits per heavy atom. The van der Waals surface area contributed by atoms with Gasteiger partial charge in [0.2, 0.25) is 0 Å². The first-order valence-electron chi connectivity index (χ1n) is 8.10. The lowest BCUT2D eigenvalue weighted by atomic mass is 9.58. The molecule has 0 bridgehead atoms. The number of aliphatic hydroxyl groups is 1. The van der Waals surface area contributed by atoms with Crippen molar-refractivity contribution in [1.29, 1.82) is 0 Å². The minimum Gasteiger partial charge on any atom is -0.392 e. The number of rotatable bonds is 5. The lowest BCUT2D eigenvalue weighted by molar-refractivity contribution is -0.208. The molecule has 2 atom stereocenters. The van der Waals surface area contributed by atoms with Gasteiger partial charge >= 0.3 is 6.55 Å². The molecule has 10 heteroatoms. The molecular weight excluding hydrogens is 358 g/mol. The smallest absolute Gasteiger partial charge is 0.333 e. The summed E-state index contributed by atoms with van der Waals surface area (Å²) in [6.45, 7) is -0.992. The number of likely N-dealkylation sites (tertiary alicyclic amines) is 1. The maximum atomic E-state index is 12.6. The van der Waals surface area contributed by atoms with Crippen molar-refractivity contribution in [3.8, 4) is 0 Å². The number of alkyl halides is 2. The highest BCUT2D eigenvalue weighted by molar-refractivity contribution is 5.92. The Kier molecular flexibility index (Phi) is 6.36. The summed E-state index contributed by atoms with van der Waals surface area (Å²) in [5.74, 6) is -0.363. The molecule has 3 rings (SSSR count). The van der Waals surface area contributed by atoms with Crippen LogP contribution in [0.2, 0.25) is 0 Å². The third-order valence-corrected chi connectivity index (χ3v) is 5.19. The number of carbonyl (C=O) groups is 1. The van der Waals surface area contributed by atoms with Crippen LogP contribution < -0.4 is 5.73 Å². The van der Waals surface area contributed by atoms with Crippen molar-refractivity contribution in [2.45, 2.75) is 38.0 Å². The molecule has 1 aliphatic heterocycles. The Morgan fingerprint density at radius 1 is 1.48 bits per heavy atom. The predicted octanol–water partition coefficient (Wildman–Crippen LogP) is 1.03. The molecule has 2 heterocycles. The van der Waals surface area contributed by atoms with E-state index in [1.807, 2.05) is 0 Å². The number of carbonyl (C=O) groups excluding carboxylic acids is 1. The molecule has 1 aliphatic carbocycles. The normalized spacial score (nSPS) is 24.9. The van der Waals surface area contributed by atoms with Crippen LogP contribution in [-0.4, -0.2) is 64.1 Å². The van der Waals surface area contributed by atoms with Crippen LogP contribution in [0.3, 0.4) is 0 Å². The maximum Gasteiger partial charge on any atom is 0.333 e. The van der Waals surface area contributed by atoms with Crippen LogP contribution in [0.25, 0.3) is 0 Å². The Bertz CT molecular complexity index is 593. The molecule has 3 N–H and O–H groups in total. The number of piperidine rings is 1. The van der Waals surface area contributed by atoms with Crippen molar-refractivity contribution >= 4 is 18.3 Å². The number of aliphatic hydroxyl groups excluding tert-OH is 1. The zero-order valence-electron chi connectivity index (χ0n) is 13.7. The molecule has 2 fully saturated rings. The van der Waals surface area contributed by atoms with Crippen LogP contribution in [-0.2, 0) is 4.74 Å². The first-order valence-corrected chi connectivity index (χ1v) is 8.10. The van der Waals surface area contributed by atoms with Gasteiger partial charge in [-0.05, 0) is 18.9 Å².